The molecule has 0 aliphatic rings. The van der Waals surface area contributed by atoms with E-state index >= 15 is 0 Å². The minimum atomic E-state index is -1.00. The molecule has 1 rings (SSSR count). The maximum atomic E-state index is 13.2. The van der Waals surface area contributed by atoms with Crippen LogP contribution >= 0.6 is 15.9 Å². The van der Waals surface area contributed by atoms with E-state index in [1.165, 1.54) is 18.2 Å². The number of nitrogens with one attached hydrogen (secondary N) is 1. The molecule has 1 atom stereocenters. The van der Waals surface area contributed by atoms with Crippen LogP contribution in [-0.4, -0.2) is 23.0 Å². The summed E-state index contributed by atoms with van der Waals surface area (Å²) in [5.41, 5.74) is 0.141. The molecule has 0 fully saturated rings. The van der Waals surface area contributed by atoms with Crippen molar-refractivity contribution < 1.29 is 19.1 Å². The summed E-state index contributed by atoms with van der Waals surface area (Å²) in [6.07, 6.45) is -0.182. The molecule has 1 aromatic carbocycles. The number of halogens is 2. The standard InChI is InChI=1S/C11H11BrFNO3/c1-6(5-9(15)16)14-11(17)7-3-2-4-8(13)10(7)12/h2-4,6H,5H2,1H3,(H,14,17)(H,15,16). The average molecular weight is 304 g/mol. The number of benzene rings is 1. The molecule has 0 radical (unpaired) electrons. The summed E-state index contributed by atoms with van der Waals surface area (Å²) in [6, 6.07) is 3.57. The molecule has 0 bridgehead atoms. The minimum Gasteiger partial charge on any atom is -0.481 e. The van der Waals surface area contributed by atoms with Gasteiger partial charge in [0.05, 0.1) is 16.5 Å². The van der Waals surface area contributed by atoms with Crippen molar-refractivity contribution in [2.75, 3.05) is 0 Å². The summed E-state index contributed by atoms with van der Waals surface area (Å²) in [6.45, 7) is 1.57. The molecule has 0 aromatic heterocycles. The van der Waals surface area contributed by atoms with Crippen LogP contribution in [0.3, 0.4) is 0 Å². The van der Waals surface area contributed by atoms with E-state index in [1.54, 1.807) is 6.92 Å². The van der Waals surface area contributed by atoms with E-state index in [4.69, 9.17) is 5.11 Å². The van der Waals surface area contributed by atoms with Gasteiger partial charge in [-0.3, -0.25) is 9.59 Å². The third-order valence-corrected chi connectivity index (χ3v) is 2.86. The molecule has 92 valence electrons. The van der Waals surface area contributed by atoms with Gasteiger partial charge in [0, 0.05) is 6.04 Å². The number of carbonyl (C=O) groups excluding carboxylic acids is 1. The Labute approximate surface area is 106 Å². The average Bonchev–Trinajstić information content (AvgIpc) is 2.20. The maximum Gasteiger partial charge on any atom is 0.305 e. The normalized spacial score (nSPS) is 11.9. The van der Waals surface area contributed by atoms with Gasteiger partial charge in [-0.25, -0.2) is 4.39 Å². The highest BCUT2D eigenvalue weighted by Gasteiger charge is 2.16. The summed E-state index contributed by atoms with van der Waals surface area (Å²) in [5.74, 6) is -2.05. The molecule has 0 spiro atoms. The summed E-state index contributed by atoms with van der Waals surface area (Å²) >= 11 is 2.97. The van der Waals surface area contributed by atoms with Crippen molar-refractivity contribution >= 4 is 27.8 Å². The first kappa shape index (κ1) is 13.6. The fraction of sp³-hybridized carbons (Fsp3) is 0.273. The topological polar surface area (TPSA) is 66.4 Å². The van der Waals surface area contributed by atoms with Crippen molar-refractivity contribution in [3.63, 3.8) is 0 Å². The number of aliphatic carboxylic acids is 1. The molecule has 0 saturated heterocycles. The first-order valence-electron chi connectivity index (χ1n) is 4.88. The van der Waals surface area contributed by atoms with Crippen molar-refractivity contribution in [3.8, 4) is 0 Å². The first-order chi connectivity index (χ1) is 7.91. The van der Waals surface area contributed by atoms with Gasteiger partial charge in [-0.05, 0) is 35.0 Å². The van der Waals surface area contributed by atoms with Crippen molar-refractivity contribution in [3.05, 3.63) is 34.1 Å². The lowest BCUT2D eigenvalue weighted by molar-refractivity contribution is -0.137. The molecule has 6 heteroatoms. The summed E-state index contributed by atoms with van der Waals surface area (Å²) in [5, 5.41) is 11.0. The molecular formula is C11H11BrFNO3. The Bertz CT molecular complexity index is 450. The van der Waals surface area contributed by atoms with Crippen LogP contribution < -0.4 is 5.32 Å². The van der Waals surface area contributed by atoms with Crippen LogP contribution in [0.1, 0.15) is 23.7 Å². The van der Waals surface area contributed by atoms with Crippen molar-refractivity contribution in [2.45, 2.75) is 19.4 Å². The molecule has 0 aliphatic heterocycles. The zero-order valence-corrected chi connectivity index (χ0v) is 10.6. The summed E-state index contributed by atoms with van der Waals surface area (Å²) in [7, 11) is 0. The Hall–Kier alpha value is -1.43. The van der Waals surface area contributed by atoms with E-state index in [1.807, 2.05) is 0 Å². The zero-order chi connectivity index (χ0) is 13.0. The molecule has 4 nitrogen and oxygen atoms in total. The smallest absolute Gasteiger partial charge is 0.305 e. The van der Waals surface area contributed by atoms with Crippen LogP contribution in [-0.2, 0) is 4.79 Å². The molecule has 0 heterocycles. The lowest BCUT2D eigenvalue weighted by atomic mass is 10.1. The molecule has 17 heavy (non-hydrogen) atoms. The molecule has 1 unspecified atom stereocenters. The van der Waals surface area contributed by atoms with Gasteiger partial charge in [0.1, 0.15) is 5.82 Å². The number of hydrogen-bond donors (Lipinski definition) is 2. The number of hydrogen-bond acceptors (Lipinski definition) is 2. The van der Waals surface area contributed by atoms with E-state index in [-0.39, 0.29) is 16.5 Å². The van der Waals surface area contributed by atoms with Crippen LogP contribution in [0, 0.1) is 5.82 Å². The van der Waals surface area contributed by atoms with Gasteiger partial charge >= 0.3 is 5.97 Å². The molecule has 0 aliphatic carbocycles. The predicted molar refractivity (Wildman–Crippen MR) is 63.3 cm³/mol. The highest BCUT2D eigenvalue weighted by atomic mass is 79.9. The largest absolute Gasteiger partial charge is 0.481 e. The Morgan fingerprint density at radius 1 is 1.53 bits per heavy atom. The lowest BCUT2D eigenvalue weighted by Gasteiger charge is -2.12. The van der Waals surface area contributed by atoms with E-state index in [2.05, 4.69) is 21.2 Å². The number of rotatable bonds is 4. The van der Waals surface area contributed by atoms with Crippen molar-refractivity contribution in [2.24, 2.45) is 0 Å². The number of carboxylic acids is 1. The van der Waals surface area contributed by atoms with Gasteiger partial charge in [0.25, 0.3) is 5.91 Å². The number of carboxylic acid groups (broad SMARTS) is 1. The lowest BCUT2D eigenvalue weighted by Crippen LogP contribution is -2.34. The van der Waals surface area contributed by atoms with Gasteiger partial charge < -0.3 is 10.4 Å². The Morgan fingerprint density at radius 2 is 2.18 bits per heavy atom. The third kappa shape index (κ3) is 3.81. The second-order valence-corrected chi connectivity index (χ2v) is 4.37. The molecule has 2 N–H and O–H groups in total. The molecular weight excluding hydrogens is 293 g/mol. The molecule has 1 amide bonds. The van der Waals surface area contributed by atoms with Crippen molar-refractivity contribution in [1.82, 2.24) is 5.32 Å². The fourth-order valence-corrected chi connectivity index (χ4v) is 1.74. The van der Waals surface area contributed by atoms with Crippen LogP contribution in [0.4, 0.5) is 4.39 Å². The SMILES string of the molecule is CC(CC(=O)O)NC(=O)c1cccc(F)c1Br. The fourth-order valence-electron chi connectivity index (χ4n) is 1.29. The van der Waals surface area contributed by atoms with Crippen molar-refractivity contribution in [1.29, 1.82) is 0 Å². The first-order valence-corrected chi connectivity index (χ1v) is 5.67. The van der Waals surface area contributed by atoms with Gasteiger partial charge in [-0.1, -0.05) is 6.07 Å². The number of carbonyl (C=O) groups is 2. The van der Waals surface area contributed by atoms with Gasteiger partial charge in [0.2, 0.25) is 0 Å². The minimum absolute atomic E-state index is 0.0695. The van der Waals surface area contributed by atoms with Crippen LogP contribution in [0.25, 0.3) is 0 Å². The third-order valence-electron chi connectivity index (χ3n) is 2.05. The number of amides is 1. The van der Waals surface area contributed by atoms with E-state index in [0.717, 1.165) is 0 Å². The Morgan fingerprint density at radius 3 is 2.76 bits per heavy atom. The van der Waals surface area contributed by atoms with Crippen LogP contribution in [0.2, 0.25) is 0 Å². The summed E-state index contributed by atoms with van der Waals surface area (Å²) < 4.78 is 13.2. The Kier molecular flexibility index (Phi) is 4.62. The van der Waals surface area contributed by atoms with Crippen LogP contribution in [0.15, 0.2) is 22.7 Å². The highest BCUT2D eigenvalue weighted by molar-refractivity contribution is 9.10. The van der Waals surface area contributed by atoms with E-state index in [0.29, 0.717) is 0 Å². The highest BCUT2D eigenvalue weighted by Crippen LogP contribution is 2.20. The second kappa shape index (κ2) is 5.77. The monoisotopic (exact) mass is 303 g/mol. The van der Waals surface area contributed by atoms with Gasteiger partial charge in [0.15, 0.2) is 0 Å². The zero-order valence-electron chi connectivity index (χ0n) is 9.04. The second-order valence-electron chi connectivity index (χ2n) is 3.57. The quantitative estimate of drug-likeness (QED) is 0.896. The van der Waals surface area contributed by atoms with Gasteiger partial charge in [-0.15, -0.1) is 0 Å². The molecule has 0 saturated carbocycles. The Balaban J connectivity index is 2.77. The maximum absolute atomic E-state index is 13.2. The van der Waals surface area contributed by atoms with E-state index < -0.39 is 23.7 Å². The molecule has 1 aromatic rings. The van der Waals surface area contributed by atoms with Crippen LogP contribution in [0.5, 0.6) is 0 Å². The summed E-state index contributed by atoms with van der Waals surface area (Å²) in [4.78, 5) is 22.1. The van der Waals surface area contributed by atoms with Gasteiger partial charge in [-0.2, -0.15) is 0 Å². The van der Waals surface area contributed by atoms with E-state index in [9.17, 15) is 14.0 Å². The predicted octanol–water partition coefficient (Wildman–Crippen LogP) is 2.18.